The van der Waals surface area contributed by atoms with Crippen LogP contribution < -0.4 is 0 Å². The van der Waals surface area contributed by atoms with Gasteiger partial charge < -0.3 is 4.52 Å². The number of hydrogen-bond acceptors (Lipinski definition) is 3. The van der Waals surface area contributed by atoms with Gasteiger partial charge in [0.05, 0.1) is 11.7 Å². The Balaban J connectivity index is 0.00000133. The largest absolute Gasteiger partial charge is 0.359 e. The van der Waals surface area contributed by atoms with Crippen LogP contribution in [0.2, 0.25) is 0 Å². The minimum Gasteiger partial charge on any atom is -0.359 e. The fraction of sp³-hybridized carbons (Fsp3) is 0.400. The van der Waals surface area contributed by atoms with Crippen LogP contribution in [0.4, 0.5) is 0 Å². The molecule has 2 heterocycles. The van der Waals surface area contributed by atoms with Gasteiger partial charge in [0.25, 0.3) is 0 Å². The molecule has 0 aliphatic carbocycles. The van der Waals surface area contributed by atoms with E-state index in [-0.39, 0.29) is 12.4 Å². The van der Waals surface area contributed by atoms with Crippen LogP contribution in [0.3, 0.4) is 0 Å². The molecule has 4 heteroatoms. The molecule has 1 fully saturated rings. The Morgan fingerprint density at radius 1 is 1.32 bits per heavy atom. The van der Waals surface area contributed by atoms with Gasteiger partial charge in [-0.25, -0.2) is 0 Å². The first-order chi connectivity index (χ1) is 8.83. The highest BCUT2D eigenvalue weighted by atomic mass is 35.5. The van der Waals surface area contributed by atoms with Crippen molar-refractivity contribution in [3.8, 4) is 0 Å². The van der Waals surface area contributed by atoms with Crippen molar-refractivity contribution in [3.05, 3.63) is 53.4 Å². The summed E-state index contributed by atoms with van der Waals surface area (Å²) >= 11 is 0. The number of benzene rings is 1. The van der Waals surface area contributed by atoms with E-state index in [2.05, 4.69) is 47.4 Å². The monoisotopic (exact) mass is 278 g/mol. The molecule has 1 saturated heterocycles. The van der Waals surface area contributed by atoms with E-state index in [1.165, 1.54) is 18.4 Å². The number of aromatic nitrogens is 1. The average molecular weight is 279 g/mol. The molecule has 3 nitrogen and oxygen atoms in total. The van der Waals surface area contributed by atoms with E-state index in [1.54, 1.807) is 0 Å². The number of likely N-dealkylation sites (tertiary alicyclic amines) is 1. The lowest BCUT2D eigenvalue weighted by atomic mass is 10.1. The molecule has 1 aliphatic rings. The summed E-state index contributed by atoms with van der Waals surface area (Å²) in [6.45, 7) is 1.15. The minimum absolute atomic E-state index is 0. The standard InChI is InChI=1S/C15H18N2O.ClH/c1-17-9-5-8-14(17)15-11-13(16-18-15)10-12-6-3-2-4-7-12;/h2-4,6-7,11,14H,5,8-10H2,1H3;1H/t14-;/m0./s1. The summed E-state index contributed by atoms with van der Waals surface area (Å²) in [4.78, 5) is 2.34. The van der Waals surface area contributed by atoms with Crippen LogP contribution in [0.15, 0.2) is 40.9 Å². The first-order valence-electron chi connectivity index (χ1n) is 6.52. The quantitative estimate of drug-likeness (QED) is 0.861. The van der Waals surface area contributed by atoms with Gasteiger partial charge in [0, 0.05) is 12.5 Å². The van der Waals surface area contributed by atoms with Gasteiger partial charge >= 0.3 is 0 Å². The molecule has 19 heavy (non-hydrogen) atoms. The predicted octanol–water partition coefficient (Wildman–Crippen LogP) is 3.45. The second-order valence-electron chi connectivity index (χ2n) is 5.02. The van der Waals surface area contributed by atoms with Gasteiger partial charge in [-0.05, 0) is 32.0 Å². The zero-order valence-corrected chi connectivity index (χ0v) is 11.9. The molecule has 0 saturated carbocycles. The third-order valence-electron chi connectivity index (χ3n) is 3.65. The zero-order chi connectivity index (χ0) is 12.4. The van der Waals surface area contributed by atoms with Gasteiger partial charge in [0.1, 0.15) is 0 Å². The molecule has 3 rings (SSSR count). The molecule has 1 aromatic carbocycles. The van der Waals surface area contributed by atoms with E-state index in [4.69, 9.17) is 4.52 Å². The van der Waals surface area contributed by atoms with Crippen molar-refractivity contribution in [2.45, 2.75) is 25.3 Å². The lowest BCUT2D eigenvalue weighted by molar-refractivity contribution is 0.251. The Bertz CT molecular complexity index is 512. The molecule has 0 bridgehead atoms. The normalized spacial score (nSPS) is 19.3. The Labute approximate surface area is 120 Å². The van der Waals surface area contributed by atoms with Crippen LogP contribution in [0.5, 0.6) is 0 Å². The van der Waals surface area contributed by atoms with Gasteiger partial charge in [0.2, 0.25) is 0 Å². The number of nitrogens with zero attached hydrogens (tertiary/aromatic N) is 2. The molecule has 1 aromatic heterocycles. The third-order valence-corrected chi connectivity index (χ3v) is 3.65. The van der Waals surface area contributed by atoms with Crippen molar-refractivity contribution in [1.82, 2.24) is 10.1 Å². The Morgan fingerprint density at radius 2 is 2.11 bits per heavy atom. The summed E-state index contributed by atoms with van der Waals surface area (Å²) in [5.74, 6) is 1.01. The second kappa shape index (κ2) is 6.22. The van der Waals surface area contributed by atoms with Crippen LogP contribution in [0, 0.1) is 0 Å². The van der Waals surface area contributed by atoms with Crippen molar-refractivity contribution < 1.29 is 4.52 Å². The molecule has 0 unspecified atom stereocenters. The van der Waals surface area contributed by atoms with Crippen molar-refractivity contribution in [1.29, 1.82) is 0 Å². The number of hydrogen-bond donors (Lipinski definition) is 0. The van der Waals surface area contributed by atoms with E-state index in [0.717, 1.165) is 24.4 Å². The van der Waals surface area contributed by atoms with Gasteiger partial charge in [-0.3, -0.25) is 4.90 Å². The molecule has 1 atom stereocenters. The maximum atomic E-state index is 5.50. The van der Waals surface area contributed by atoms with Crippen molar-refractivity contribution in [2.75, 3.05) is 13.6 Å². The van der Waals surface area contributed by atoms with Crippen LogP contribution in [0.1, 0.15) is 35.9 Å². The van der Waals surface area contributed by atoms with Crippen LogP contribution in [-0.4, -0.2) is 23.6 Å². The van der Waals surface area contributed by atoms with E-state index < -0.39 is 0 Å². The van der Waals surface area contributed by atoms with Gasteiger partial charge in [0.15, 0.2) is 5.76 Å². The lowest BCUT2D eigenvalue weighted by Crippen LogP contribution is -2.16. The molecule has 0 amide bonds. The Morgan fingerprint density at radius 3 is 2.79 bits per heavy atom. The van der Waals surface area contributed by atoms with Crippen molar-refractivity contribution in [3.63, 3.8) is 0 Å². The number of halogens is 1. The molecule has 102 valence electrons. The highest BCUT2D eigenvalue weighted by Crippen LogP contribution is 2.30. The average Bonchev–Trinajstić information content (AvgIpc) is 2.99. The van der Waals surface area contributed by atoms with E-state index in [1.807, 2.05) is 6.07 Å². The van der Waals surface area contributed by atoms with Gasteiger partial charge in [-0.2, -0.15) is 0 Å². The second-order valence-corrected chi connectivity index (χ2v) is 5.02. The maximum Gasteiger partial charge on any atom is 0.154 e. The van der Waals surface area contributed by atoms with E-state index in [0.29, 0.717) is 6.04 Å². The van der Waals surface area contributed by atoms with Gasteiger partial charge in [-0.15, -0.1) is 12.4 Å². The smallest absolute Gasteiger partial charge is 0.154 e. The van der Waals surface area contributed by atoms with E-state index >= 15 is 0 Å². The molecular formula is C15H19ClN2O. The van der Waals surface area contributed by atoms with Crippen LogP contribution in [-0.2, 0) is 6.42 Å². The Kier molecular flexibility index (Phi) is 4.61. The van der Waals surface area contributed by atoms with Crippen LogP contribution >= 0.6 is 12.4 Å². The summed E-state index contributed by atoms with van der Waals surface area (Å²) in [5, 5.41) is 4.19. The summed E-state index contributed by atoms with van der Waals surface area (Å²) in [6, 6.07) is 12.9. The van der Waals surface area contributed by atoms with Crippen LogP contribution in [0.25, 0.3) is 0 Å². The summed E-state index contributed by atoms with van der Waals surface area (Å²) in [6.07, 6.45) is 3.27. The summed E-state index contributed by atoms with van der Waals surface area (Å²) < 4.78 is 5.50. The topological polar surface area (TPSA) is 29.3 Å². The third kappa shape index (κ3) is 3.17. The molecule has 0 radical (unpaired) electrons. The van der Waals surface area contributed by atoms with E-state index in [9.17, 15) is 0 Å². The lowest BCUT2D eigenvalue weighted by Gasteiger charge is -2.15. The summed E-state index contributed by atoms with van der Waals surface area (Å²) in [5.41, 5.74) is 2.30. The zero-order valence-electron chi connectivity index (χ0n) is 11.1. The molecule has 0 N–H and O–H groups in total. The molecule has 1 aliphatic heterocycles. The van der Waals surface area contributed by atoms with Crippen molar-refractivity contribution >= 4 is 12.4 Å². The first kappa shape index (κ1) is 14.1. The molecule has 0 spiro atoms. The fourth-order valence-corrected chi connectivity index (χ4v) is 2.64. The summed E-state index contributed by atoms with van der Waals surface area (Å²) in [7, 11) is 2.15. The van der Waals surface area contributed by atoms with Gasteiger partial charge in [-0.1, -0.05) is 35.5 Å². The Hall–Kier alpha value is -1.32. The minimum atomic E-state index is 0. The SMILES string of the molecule is CN1CCC[C@H]1c1cc(Cc2ccccc2)no1.Cl. The number of rotatable bonds is 3. The highest BCUT2D eigenvalue weighted by molar-refractivity contribution is 5.85. The fourth-order valence-electron chi connectivity index (χ4n) is 2.64. The first-order valence-corrected chi connectivity index (χ1v) is 6.52. The molecule has 2 aromatic rings. The molecular weight excluding hydrogens is 260 g/mol. The van der Waals surface area contributed by atoms with Crippen molar-refractivity contribution in [2.24, 2.45) is 0 Å². The maximum absolute atomic E-state index is 5.50. The predicted molar refractivity (Wildman–Crippen MR) is 77.6 cm³/mol. The highest BCUT2D eigenvalue weighted by Gasteiger charge is 2.26.